The molecule has 1 heterocycles. The van der Waals surface area contributed by atoms with Gasteiger partial charge in [0, 0.05) is 26.2 Å². The molecule has 0 aromatic heterocycles. The Kier molecular flexibility index (Phi) is 5.87. The summed E-state index contributed by atoms with van der Waals surface area (Å²) >= 11 is 0. The monoisotopic (exact) mass is 430 g/mol. The third-order valence-electron chi connectivity index (χ3n) is 5.44. The third-order valence-corrected chi connectivity index (χ3v) is 7.62. The lowest BCUT2D eigenvalue weighted by Gasteiger charge is -2.35. The van der Waals surface area contributed by atoms with Crippen molar-refractivity contribution >= 4 is 28.1 Å². The van der Waals surface area contributed by atoms with E-state index in [4.69, 9.17) is 4.74 Å². The summed E-state index contributed by atoms with van der Waals surface area (Å²) in [7, 11) is -3.49. The molecule has 1 atom stereocenters. The van der Waals surface area contributed by atoms with E-state index in [9.17, 15) is 17.6 Å². The van der Waals surface area contributed by atoms with Crippen LogP contribution in [0.2, 0.25) is 0 Å². The van der Waals surface area contributed by atoms with Crippen LogP contribution in [0.4, 0.5) is 4.39 Å². The van der Waals surface area contributed by atoms with Crippen LogP contribution in [-0.2, 0) is 14.8 Å². The molecule has 1 amide bonds. The zero-order chi connectivity index (χ0) is 21.1. The van der Waals surface area contributed by atoms with Crippen molar-refractivity contribution in [2.24, 2.45) is 0 Å². The van der Waals surface area contributed by atoms with E-state index in [2.05, 4.69) is 0 Å². The summed E-state index contributed by atoms with van der Waals surface area (Å²) in [5.41, 5.74) is 0. The molecule has 0 spiro atoms. The molecule has 1 aliphatic carbocycles. The first kappa shape index (κ1) is 20.6. The van der Waals surface area contributed by atoms with Crippen molar-refractivity contribution in [1.29, 1.82) is 0 Å². The SMILES string of the molecule is O=C(COc1ccc(F)cc1)N1CCN(S(=O)(=O)C2C=c3ccccc3=CC2)CC1. The number of hydrogen-bond acceptors (Lipinski definition) is 4. The molecule has 1 aliphatic heterocycles. The van der Waals surface area contributed by atoms with Crippen molar-refractivity contribution in [3.8, 4) is 5.75 Å². The van der Waals surface area contributed by atoms with Crippen LogP contribution < -0.4 is 15.2 Å². The van der Waals surface area contributed by atoms with Crippen LogP contribution in [0.1, 0.15) is 6.42 Å². The number of benzene rings is 2. The summed E-state index contributed by atoms with van der Waals surface area (Å²) in [6, 6.07) is 13.2. The van der Waals surface area contributed by atoms with Gasteiger partial charge in [0.05, 0.1) is 5.25 Å². The van der Waals surface area contributed by atoms with Crippen LogP contribution in [0.5, 0.6) is 5.75 Å². The highest BCUT2D eigenvalue weighted by Gasteiger charge is 2.34. The molecule has 4 rings (SSSR count). The Hall–Kier alpha value is -2.71. The second kappa shape index (κ2) is 8.57. The molecule has 158 valence electrons. The molecule has 0 radical (unpaired) electrons. The van der Waals surface area contributed by atoms with Crippen LogP contribution in [0.3, 0.4) is 0 Å². The molecular weight excluding hydrogens is 407 g/mol. The van der Waals surface area contributed by atoms with Gasteiger partial charge in [0.1, 0.15) is 11.6 Å². The lowest BCUT2D eigenvalue weighted by atomic mass is 10.1. The number of ether oxygens (including phenoxy) is 1. The molecule has 1 fully saturated rings. The number of rotatable bonds is 5. The number of amides is 1. The van der Waals surface area contributed by atoms with Crippen molar-refractivity contribution in [1.82, 2.24) is 9.21 Å². The first-order valence-electron chi connectivity index (χ1n) is 9.86. The predicted octanol–water partition coefficient (Wildman–Crippen LogP) is 0.712. The number of sulfonamides is 1. The highest BCUT2D eigenvalue weighted by molar-refractivity contribution is 7.90. The van der Waals surface area contributed by atoms with Gasteiger partial charge in [-0.3, -0.25) is 4.79 Å². The van der Waals surface area contributed by atoms with Crippen molar-refractivity contribution in [2.75, 3.05) is 32.8 Å². The average Bonchev–Trinajstić information content (AvgIpc) is 2.78. The van der Waals surface area contributed by atoms with E-state index in [1.165, 1.54) is 28.6 Å². The summed E-state index contributed by atoms with van der Waals surface area (Å²) in [4.78, 5) is 14.0. The summed E-state index contributed by atoms with van der Waals surface area (Å²) in [5.74, 6) is -0.180. The third kappa shape index (κ3) is 4.39. The second-order valence-electron chi connectivity index (χ2n) is 7.34. The quantitative estimate of drug-likeness (QED) is 0.701. The fourth-order valence-corrected chi connectivity index (χ4v) is 5.43. The van der Waals surface area contributed by atoms with Gasteiger partial charge in [-0.25, -0.2) is 12.8 Å². The number of carbonyl (C=O) groups excluding carboxylic acids is 1. The molecular formula is C22H23FN2O4S. The maximum Gasteiger partial charge on any atom is 0.260 e. The molecule has 8 heteroatoms. The van der Waals surface area contributed by atoms with E-state index in [-0.39, 0.29) is 31.4 Å². The molecule has 2 aliphatic rings. The number of nitrogens with zero attached hydrogens (tertiary/aromatic N) is 2. The first-order valence-corrected chi connectivity index (χ1v) is 11.4. The molecule has 1 saturated heterocycles. The Balaban J connectivity index is 1.34. The molecule has 2 aromatic carbocycles. The van der Waals surface area contributed by atoms with Gasteiger partial charge in [-0.05, 0) is 41.1 Å². The fourth-order valence-electron chi connectivity index (χ4n) is 3.72. The van der Waals surface area contributed by atoms with Gasteiger partial charge in [-0.1, -0.05) is 36.4 Å². The minimum atomic E-state index is -3.49. The molecule has 0 N–H and O–H groups in total. The smallest absolute Gasteiger partial charge is 0.260 e. The topological polar surface area (TPSA) is 66.9 Å². The van der Waals surface area contributed by atoms with E-state index in [1.54, 1.807) is 4.90 Å². The number of piperazine rings is 1. The van der Waals surface area contributed by atoms with Crippen molar-refractivity contribution in [3.05, 3.63) is 64.8 Å². The molecule has 6 nitrogen and oxygen atoms in total. The summed E-state index contributed by atoms with van der Waals surface area (Å²) in [6.45, 7) is 0.990. The Morgan fingerprint density at radius 1 is 1.00 bits per heavy atom. The van der Waals surface area contributed by atoms with Gasteiger partial charge in [0.2, 0.25) is 10.0 Å². The number of halogens is 1. The van der Waals surface area contributed by atoms with E-state index < -0.39 is 15.3 Å². The predicted molar refractivity (Wildman–Crippen MR) is 112 cm³/mol. The molecule has 30 heavy (non-hydrogen) atoms. The normalized spacial score (nSPS) is 19.4. The van der Waals surface area contributed by atoms with E-state index in [1.807, 2.05) is 36.4 Å². The summed E-state index contributed by atoms with van der Waals surface area (Å²) in [6.07, 6.45) is 4.23. The van der Waals surface area contributed by atoms with E-state index >= 15 is 0 Å². The van der Waals surface area contributed by atoms with Crippen LogP contribution in [0.15, 0.2) is 48.5 Å². The molecule has 2 aromatic rings. The minimum absolute atomic E-state index is 0.166. The van der Waals surface area contributed by atoms with Crippen LogP contribution >= 0.6 is 0 Å². The highest BCUT2D eigenvalue weighted by atomic mass is 32.2. The van der Waals surface area contributed by atoms with Crippen molar-refractivity contribution in [2.45, 2.75) is 11.7 Å². The minimum Gasteiger partial charge on any atom is -0.484 e. The first-order chi connectivity index (χ1) is 14.4. The number of hydrogen-bond donors (Lipinski definition) is 0. The maximum atomic E-state index is 13.1. The summed E-state index contributed by atoms with van der Waals surface area (Å²) in [5, 5.41) is 1.40. The zero-order valence-corrected chi connectivity index (χ0v) is 17.2. The van der Waals surface area contributed by atoms with Gasteiger partial charge >= 0.3 is 0 Å². The standard InChI is InChI=1S/C22H23FN2O4S/c23-19-6-8-20(9-7-19)29-16-22(26)24-11-13-25(14-12-24)30(27,28)21-10-5-17-3-1-2-4-18(17)15-21/h1-9,15,21H,10-14,16H2. The Morgan fingerprint density at radius 3 is 2.37 bits per heavy atom. The van der Waals surface area contributed by atoms with Gasteiger partial charge in [-0.15, -0.1) is 0 Å². The van der Waals surface area contributed by atoms with Crippen molar-refractivity contribution in [3.63, 3.8) is 0 Å². The van der Waals surface area contributed by atoms with Crippen LogP contribution in [0.25, 0.3) is 12.2 Å². The van der Waals surface area contributed by atoms with Crippen molar-refractivity contribution < 1.29 is 22.3 Å². The Labute approximate surface area is 174 Å². The molecule has 0 saturated carbocycles. The van der Waals surface area contributed by atoms with Gasteiger partial charge in [-0.2, -0.15) is 4.31 Å². The number of carbonyl (C=O) groups is 1. The lowest BCUT2D eigenvalue weighted by Crippen LogP contribution is -2.53. The maximum absolute atomic E-state index is 13.1. The van der Waals surface area contributed by atoms with E-state index in [0.717, 1.165) is 10.4 Å². The Morgan fingerprint density at radius 2 is 1.67 bits per heavy atom. The lowest BCUT2D eigenvalue weighted by molar-refractivity contribution is -0.134. The number of fused-ring (bicyclic) bond motifs is 1. The summed E-state index contributed by atoms with van der Waals surface area (Å²) < 4.78 is 46.0. The van der Waals surface area contributed by atoms with Gasteiger partial charge < -0.3 is 9.64 Å². The van der Waals surface area contributed by atoms with Gasteiger partial charge in [0.15, 0.2) is 6.61 Å². The molecule has 0 bridgehead atoms. The highest BCUT2D eigenvalue weighted by Crippen LogP contribution is 2.18. The average molecular weight is 431 g/mol. The van der Waals surface area contributed by atoms with Crippen LogP contribution in [-0.4, -0.2) is 61.6 Å². The zero-order valence-electron chi connectivity index (χ0n) is 16.4. The second-order valence-corrected chi connectivity index (χ2v) is 9.49. The molecule has 1 unspecified atom stereocenters. The van der Waals surface area contributed by atoms with E-state index in [0.29, 0.717) is 25.3 Å². The Bertz CT molecular complexity index is 1140. The van der Waals surface area contributed by atoms with Crippen LogP contribution in [0, 0.1) is 5.82 Å². The van der Waals surface area contributed by atoms with Gasteiger partial charge in [0.25, 0.3) is 5.91 Å². The fraction of sp³-hybridized carbons (Fsp3) is 0.318. The largest absolute Gasteiger partial charge is 0.484 e.